The van der Waals surface area contributed by atoms with Crippen molar-refractivity contribution < 1.29 is 18.3 Å². The third-order valence-electron chi connectivity index (χ3n) is 2.00. The fourth-order valence-corrected chi connectivity index (χ4v) is 1.30. The average molecular weight is 233 g/mol. The summed E-state index contributed by atoms with van der Waals surface area (Å²) in [7, 11) is 2.22. The maximum atomic E-state index is 8.00. The maximum absolute atomic E-state index is 8.00. The van der Waals surface area contributed by atoms with E-state index in [0.717, 1.165) is 0 Å². The second-order valence-corrected chi connectivity index (χ2v) is 3.36. The summed E-state index contributed by atoms with van der Waals surface area (Å²) in [5, 5.41) is 0. The van der Waals surface area contributed by atoms with Gasteiger partial charge in [0.2, 0.25) is 0 Å². The molecule has 0 amide bonds. The smallest absolute Gasteiger partial charge is 0 e. The van der Waals surface area contributed by atoms with Crippen molar-refractivity contribution in [3.63, 3.8) is 0 Å². The monoisotopic (exact) mass is 233 g/mol. The molecule has 0 saturated heterocycles. The molecule has 0 heterocycles. The first-order valence-corrected chi connectivity index (χ1v) is 5.28. The Morgan fingerprint density at radius 3 is 1.67 bits per heavy atom. The van der Waals surface area contributed by atoms with Gasteiger partial charge in [-0.25, -0.2) is 0 Å². The van der Waals surface area contributed by atoms with Gasteiger partial charge in [-0.3, -0.25) is 0 Å². The molecule has 0 atom stereocenters. The SMILES string of the molecule is CCCCCCN(C)CCC.FF.FF. The van der Waals surface area contributed by atoms with E-state index in [0.29, 0.717) is 0 Å². The fourth-order valence-electron chi connectivity index (χ4n) is 1.30. The van der Waals surface area contributed by atoms with Crippen LogP contribution in [0.15, 0.2) is 0 Å². The van der Waals surface area contributed by atoms with Gasteiger partial charge in [-0.2, -0.15) is 0 Å². The van der Waals surface area contributed by atoms with Crippen molar-refractivity contribution in [2.45, 2.75) is 46.0 Å². The van der Waals surface area contributed by atoms with Gasteiger partial charge in [-0.1, -0.05) is 33.1 Å². The number of hydrogen-bond acceptors (Lipinski definition) is 1. The van der Waals surface area contributed by atoms with Gasteiger partial charge in [-0.15, -0.1) is 0 Å². The van der Waals surface area contributed by atoms with E-state index in [4.69, 9.17) is 18.3 Å². The Hall–Kier alpha value is -0.320. The Bertz CT molecular complexity index is 83.8. The topological polar surface area (TPSA) is 3.24 Å². The van der Waals surface area contributed by atoms with Crippen LogP contribution in [-0.2, 0) is 0 Å². The molecule has 0 rings (SSSR count). The van der Waals surface area contributed by atoms with Crippen LogP contribution in [0.4, 0.5) is 18.3 Å². The fraction of sp³-hybridized carbons (Fsp3) is 1.00. The number of unbranched alkanes of at least 4 members (excludes halogenated alkanes) is 3. The molecule has 0 aliphatic heterocycles. The Balaban J connectivity index is -0.000000318. The number of halogens is 4. The molecular formula is C10H23F4N. The summed E-state index contributed by atoms with van der Waals surface area (Å²) >= 11 is 0. The van der Waals surface area contributed by atoms with Gasteiger partial charge in [-0.05, 0) is 33.0 Å². The predicted octanol–water partition coefficient (Wildman–Crippen LogP) is 4.59. The standard InChI is InChI=1S/C10H23N.2F2/c1-4-6-7-8-10-11(3)9-5-2;2*1-2/h4-10H2,1-3H3;;. The molecule has 0 unspecified atom stereocenters. The zero-order valence-corrected chi connectivity index (χ0v) is 9.91. The highest BCUT2D eigenvalue weighted by Crippen LogP contribution is 2.00. The minimum Gasteiger partial charge on any atom is -0.306 e. The lowest BCUT2D eigenvalue weighted by molar-refractivity contribution is 0.108. The average Bonchev–Trinajstić information content (AvgIpc) is 2.30. The van der Waals surface area contributed by atoms with Crippen molar-refractivity contribution in [3.05, 3.63) is 0 Å². The zero-order chi connectivity index (χ0) is 12.5. The highest BCUT2D eigenvalue weighted by atomic mass is 20.0. The van der Waals surface area contributed by atoms with Crippen molar-refractivity contribution in [2.75, 3.05) is 20.1 Å². The van der Waals surface area contributed by atoms with E-state index < -0.39 is 0 Å². The summed E-state index contributed by atoms with van der Waals surface area (Å²) in [5.41, 5.74) is 0. The molecule has 5 heteroatoms. The molecule has 96 valence electrons. The van der Waals surface area contributed by atoms with Crippen LogP contribution >= 0.6 is 0 Å². The highest BCUT2D eigenvalue weighted by molar-refractivity contribution is 4.50. The van der Waals surface area contributed by atoms with Crippen LogP contribution in [0.3, 0.4) is 0 Å². The van der Waals surface area contributed by atoms with E-state index in [-0.39, 0.29) is 0 Å². The first-order valence-electron chi connectivity index (χ1n) is 5.28. The Kier molecular flexibility index (Phi) is 31.5. The number of nitrogens with zero attached hydrogens (tertiary/aromatic N) is 1. The second-order valence-electron chi connectivity index (χ2n) is 3.36. The molecule has 0 radical (unpaired) electrons. The minimum atomic E-state index is 1.26. The molecule has 0 bridgehead atoms. The van der Waals surface area contributed by atoms with Crippen LogP contribution in [0, 0.1) is 0 Å². The largest absolute Gasteiger partial charge is 0.306 e. The van der Waals surface area contributed by atoms with E-state index in [1.165, 1.54) is 45.2 Å². The third kappa shape index (κ3) is 24.8. The summed E-state index contributed by atoms with van der Waals surface area (Å²) in [6, 6.07) is 0. The van der Waals surface area contributed by atoms with Crippen LogP contribution in [0.5, 0.6) is 0 Å². The van der Waals surface area contributed by atoms with Crippen LogP contribution in [0.25, 0.3) is 0 Å². The number of rotatable bonds is 7. The summed E-state index contributed by atoms with van der Waals surface area (Å²) in [5.74, 6) is 0. The molecular weight excluding hydrogens is 210 g/mol. The first-order chi connectivity index (χ1) is 7.31. The van der Waals surface area contributed by atoms with Crippen molar-refractivity contribution >= 4 is 0 Å². The molecule has 15 heavy (non-hydrogen) atoms. The van der Waals surface area contributed by atoms with Gasteiger partial charge < -0.3 is 4.90 Å². The summed E-state index contributed by atoms with van der Waals surface area (Å²) < 4.78 is 32.0. The van der Waals surface area contributed by atoms with Gasteiger partial charge in [0.15, 0.2) is 0 Å². The lowest BCUT2D eigenvalue weighted by atomic mass is 10.2. The van der Waals surface area contributed by atoms with Crippen molar-refractivity contribution in [3.8, 4) is 0 Å². The second kappa shape index (κ2) is 23.5. The van der Waals surface area contributed by atoms with Crippen molar-refractivity contribution in [2.24, 2.45) is 0 Å². The van der Waals surface area contributed by atoms with E-state index in [2.05, 4.69) is 25.8 Å². The van der Waals surface area contributed by atoms with Gasteiger partial charge in [0.1, 0.15) is 0 Å². The lowest BCUT2D eigenvalue weighted by Crippen LogP contribution is -2.20. The van der Waals surface area contributed by atoms with Gasteiger partial charge in [0, 0.05) is 18.3 Å². The van der Waals surface area contributed by atoms with E-state index in [9.17, 15) is 0 Å². The van der Waals surface area contributed by atoms with Crippen LogP contribution in [0.1, 0.15) is 46.0 Å². The van der Waals surface area contributed by atoms with Gasteiger partial charge in [0.25, 0.3) is 0 Å². The first kappa shape index (κ1) is 20.1. The summed E-state index contributed by atoms with van der Waals surface area (Å²) in [6.07, 6.45) is 6.82. The van der Waals surface area contributed by atoms with Crippen molar-refractivity contribution in [1.82, 2.24) is 4.90 Å². The summed E-state index contributed by atoms with van der Waals surface area (Å²) in [4.78, 5) is 2.43. The minimum absolute atomic E-state index is 1.26. The molecule has 0 aliphatic carbocycles. The van der Waals surface area contributed by atoms with Crippen LogP contribution in [0.2, 0.25) is 0 Å². The Morgan fingerprint density at radius 2 is 1.27 bits per heavy atom. The van der Waals surface area contributed by atoms with E-state index in [1.807, 2.05) is 0 Å². The maximum Gasteiger partial charge on any atom is 0 e. The molecule has 0 fully saturated rings. The molecule has 0 aromatic heterocycles. The Morgan fingerprint density at radius 1 is 0.733 bits per heavy atom. The molecule has 0 saturated carbocycles. The normalized spacial score (nSPS) is 8.80. The van der Waals surface area contributed by atoms with Crippen molar-refractivity contribution in [1.29, 1.82) is 0 Å². The molecule has 0 spiro atoms. The highest BCUT2D eigenvalue weighted by Gasteiger charge is 1.94. The number of hydrogen-bond donors (Lipinski definition) is 0. The van der Waals surface area contributed by atoms with E-state index in [1.54, 1.807) is 0 Å². The molecule has 0 aromatic carbocycles. The zero-order valence-electron chi connectivity index (χ0n) is 9.91. The molecule has 0 aromatic rings. The van der Waals surface area contributed by atoms with Crippen LogP contribution in [-0.4, -0.2) is 25.0 Å². The summed E-state index contributed by atoms with van der Waals surface area (Å²) in [6.45, 7) is 7.04. The lowest BCUT2D eigenvalue weighted by Gasteiger charge is -2.14. The van der Waals surface area contributed by atoms with E-state index >= 15 is 0 Å². The van der Waals surface area contributed by atoms with Crippen LogP contribution < -0.4 is 0 Å². The molecule has 1 nitrogen and oxygen atoms in total. The molecule has 0 aliphatic rings. The van der Waals surface area contributed by atoms with Gasteiger partial charge >= 0.3 is 0 Å². The molecule has 0 N–H and O–H groups in total. The Labute approximate surface area is 90.2 Å². The predicted molar refractivity (Wildman–Crippen MR) is 56.4 cm³/mol. The third-order valence-corrected chi connectivity index (χ3v) is 2.00. The quantitative estimate of drug-likeness (QED) is 0.459. The van der Waals surface area contributed by atoms with Gasteiger partial charge in [0.05, 0.1) is 0 Å².